The van der Waals surface area contributed by atoms with Gasteiger partial charge in [-0.2, -0.15) is 13.2 Å². The molecule has 1 aromatic rings. The van der Waals surface area contributed by atoms with Crippen molar-refractivity contribution in [1.82, 2.24) is 10.3 Å². The Morgan fingerprint density at radius 2 is 1.95 bits per heavy atom. The minimum absolute atomic E-state index is 0. The molecule has 0 amide bonds. The fourth-order valence-electron chi connectivity index (χ4n) is 3.52. The highest BCUT2D eigenvalue weighted by atomic mass is 35.5. The van der Waals surface area contributed by atoms with E-state index in [1.54, 1.807) is 0 Å². The minimum Gasteiger partial charge on any atom is -0.493 e. The predicted octanol–water partition coefficient (Wildman–Crippen LogP) is 3.68. The van der Waals surface area contributed by atoms with Crippen molar-refractivity contribution in [2.24, 2.45) is 11.3 Å². The summed E-state index contributed by atoms with van der Waals surface area (Å²) in [5, 5.41) is 3.36. The first-order valence-electron chi connectivity index (χ1n) is 7.34. The molecule has 0 atom stereocenters. The van der Waals surface area contributed by atoms with Gasteiger partial charge in [0.25, 0.3) is 0 Å². The standard InChI is InChI=1S/C15H19F3N2O.ClH/c16-15(17,18)13-7-12(1-4-20-13)21-10-11-8-14(9-11)2-5-19-6-3-14;/h1,4,7,11,19H,2-3,5-6,8-10H2;1H. The predicted molar refractivity (Wildman–Crippen MR) is 79.2 cm³/mol. The summed E-state index contributed by atoms with van der Waals surface area (Å²) in [6.45, 7) is 2.65. The maximum absolute atomic E-state index is 12.6. The molecule has 1 aliphatic carbocycles. The van der Waals surface area contributed by atoms with E-state index in [2.05, 4.69) is 10.3 Å². The van der Waals surface area contributed by atoms with Crippen molar-refractivity contribution in [3.63, 3.8) is 0 Å². The molecule has 1 aromatic heterocycles. The summed E-state index contributed by atoms with van der Waals surface area (Å²) in [6, 6.07) is 2.45. The van der Waals surface area contributed by atoms with Crippen LogP contribution in [-0.2, 0) is 6.18 Å². The summed E-state index contributed by atoms with van der Waals surface area (Å²) in [6.07, 6.45) is 1.40. The molecule has 1 aliphatic heterocycles. The average Bonchev–Trinajstić information content (AvgIpc) is 2.43. The van der Waals surface area contributed by atoms with Crippen LogP contribution in [0.2, 0.25) is 0 Å². The van der Waals surface area contributed by atoms with Crippen LogP contribution in [0.15, 0.2) is 18.3 Å². The first kappa shape index (κ1) is 17.3. The number of nitrogens with one attached hydrogen (secondary N) is 1. The molecule has 3 rings (SSSR count). The summed E-state index contributed by atoms with van der Waals surface area (Å²) in [4.78, 5) is 3.33. The van der Waals surface area contributed by atoms with Gasteiger partial charge in [0.05, 0.1) is 6.61 Å². The number of hydrogen-bond donors (Lipinski definition) is 1. The van der Waals surface area contributed by atoms with Crippen molar-refractivity contribution in [2.45, 2.75) is 31.9 Å². The molecule has 1 N–H and O–H groups in total. The van der Waals surface area contributed by atoms with Crippen LogP contribution in [0.25, 0.3) is 0 Å². The highest BCUT2D eigenvalue weighted by Gasteiger charge is 2.44. The van der Waals surface area contributed by atoms with Crippen LogP contribution < -0.4 is 10.1 Å². The van der Waals surface area contributed by atoms with E-state index in [4.69, 9.17) is 4.74 Å². The lowest BCUT2D eigenvalue weighted by atomic mass is 9.58. The Hall–Kier alpha value is -1.01. The van der Waals surface area contributed by atoms with Crippen LogP contribution in [0, 0.1) is 11.3 Å². The van der Waals surface area contributed by atoms with Crippen LogP contribution in [0.4, 0.5) is 13.2 Å². The van der Waals surface area contributed by atoms with E-state index in [0.29, 0.717) is 17.9 Å². The van der Waals surface area contributed by atoms with Crippen molar-refractivity contribution in [3.8, 4) is 5.75 Å². The van der Waals surface area contributed by atoms with Crippen LogP contribution in [-0.4, -0.2) is 24.7 Å². The summed E-state index contributed by atoms with van der Waals surface area (Å²) >= 11 is 0. The molecule has 1 saturated heterocycles. The van der Waals surface area contributed by atoms with Crippen LogP contribution in [0.3, 0.4) is 0 Å². The van der Waals surface area contributed by atoms with Gasteiger partial charge < -0.3 is 10.1 Å². The van der Waals surface area contributed by atoms with E-state index in [9.17, 15) is 13.2 Å². The second-order valence-electron chi connectivity index (χ2n) is 6.21. The second kappa shape index (κ2) is 6.62. The van der Waals surface area contributed by atoms with Crippen molar-refractivity contribution in [3.05, 3.63) is 24.0 Å². The second-order valence-corrected chi connectivity index (χ2v) is 6.21. The molecule has 3 nitrogen and oxygen atoms in total. The zero-order valence-corrected chi connectivity index (χ0v) is 13.0. The number of aromatic nitrogens is 1. The van der Waals surface area contributed by atoms with Crippen LogP contribution in [0.1, 0.15) is 31.4 Å². The molecule has 0 bridgehead atoms. The lowest BCUT2D eigenvalue weighted by molar-refractivity contribution is -0.141. The molecule has 2 aliphatic rings. The minimum atomic E-state index is -4.42. The molecule has 0 unspecified atom stereocenters. The van der Waals surface area contributed by atoms with E-state index in [0.717, 1.165) is 38.2 Å². The molecular weight excluding hydrogens is 317 g/mol. The molecule has 124 valence electrons. The Labute approximate surface area is 134 Å². The summed E-state index contributed by atoms with van der Waals surface area (Å²) in [5.74, 6) is 0.717. The molecule has 1 saturated carbocycles. The number of rotatable bonds is 3. The maximum Gasteiger partial charge on any atom is 0.433 e. The molecular formula is C15H20ClF3N2O. The van der Waals surface area contributed by atoms with Crippen LogP contribution >= 0.6 is 12.4 Å². The SMILES string of the molecule is Cl.FC(F)(F)c1cc(OCC2CC3(CCNCC3)C2)ccn1. The molecule has 2 fully saturated rings. The third kappa shape index (κ3) is 3.84. The van der Waals surface area contributed by atoms with Gasteiger partial charge in [-0.3, -0.25) is 4.98 Å². The lowest BCUT2D eigenvalue weighted by Gasteiger charge is -2.50. The van der Waals surface area contributed by atoms with Gasteiger partial charge in [-0.05, 0) is 56.2 Å². The number of piperidine rings is 1. The third-order valence-corrected chi connectivity index (χ3v) is 4.62. The van der Waals surface area contributed by atoms with Crippen LogP contribution in [0.5, 0.6) is 5.75 Å². The summed E-state index contributed by atoms with van der Waals surface area (Å²) in [5.41, 5.74) is -0.433. The van der Waals surface area contributed by atoms with Gasteiger partial charge in [0.1, 0.15) is 11.4 Å². The van der Waals surface area contributed by atoms with Crippen molar-refractivity contribution < 1.29 is 17.9 Å². The zero-order chi connectivity index (χ0) is 14.9. The molecule has 22 heavy (non-hydrogen) atoms. The first-order valence-corrected chi connectivity index (χ1v) is 7.34. The number of ether oxygens (including phenoxy) is 1. The first-order chi connectivity index (χ1) is 9.97. The third-order valence-electron chi connectivity index (χ3n) is 4.62. The largest absolute Gasteiger partial charge is 0.493 e. The number of halogens is 4. The van der Waals surface area contributed by atoms with Gasteiger partial charge in [0.2, 0.25) is 0 Å². The molecule has 2 heterocycles. The Bertz CT molecular complexity index is 496. The molecule has 0 aromatic carbocycles. The Morgan fingerprint density at radius 1 is 1.27 bits per heavy atom. The van der Waals surface area contributed by atoms with Gasteiger partial charge in [-0.25, -0.2) is 0 Å². The van der Waals surface area contributed by atoms with E-state index < -0.39 is 11.9 Å². The van der Waals surface area contributed by atoms with Gasteiger partial charge in [-0.15, -0.1) is 12.4 Å². The monoisotopic (exact) mass is 336 g/mol. The van der Waals surface area contributed by atoms with Gasteiger partial charge in [0.15, 0.2) is 0 Å². The Kier molecular flexibility index (Phi) is 5.22. The highest BCUT2D eigenvalue weighted by Crippen LogP contribution is 2.51. The lowest BCUT2D eigenvalue weighted by Crippen LogP contribution is -2.46. The molecule has 0 radical (unpaired) electrons. The number of pyridine rings is 1. The number of hydrogen-bond acceptors (Lipinski definition) is 3. The Morgan fingerprint density at radius 3 is 2.59 bits per heavy atom. The van der Waals surface area contributed by atoms with E-state index in [1.165, 1.54) is 18.9 Å². The highest BCUT2D eigenvalue weighted by molar-refractivity contribution is 5.85. The number of nitrogens with zero attached hydrogens (tertiary/aromatic N) is 1. The fraction of sp³-hybridized carbons (Fsp3) is 0.667. The maximum atomic E-state index is 12.6. The van der Waals surface area contributed by atoms with Gasteiger partial charge in [-0.1, -0.05) is 0 Å². The quantitative estimate of drug-likeness (QED) is 0.914. The summed E-state index contributed by atoms with van der Waals surface area (Å²) in [7, 11) is 0. The fourth-order valence-corrected chi connectivity index (χ4v) is 3.52. The van der Waals surface area contributed by atoms with Gasteiger partial charge >= 0.3 is 6.18 Å². The Balaban J connectivity index is 0.00000176. The van der Waals surface area contributed by atoms with E-state index in [-0.39, 0.29) is 18.2 Å². The molecule has 1 spiro atoms. The normalized spacial score (nSPS) is 21.0. The van der Waals surface area contributed by atoms with Crippen molar-refractivity contribution in [1.29, 1.82) is 0 Å². The van der Waals surface area contributed by atoms with E-state index in [1.807, 2.05) is 0 Å². The summed E-state index contributed by atoms with van der Waals surface area (Å²) < 4.78 is 43.2. The number of alkyl halides is 3. The topological polar surface area (TPSA) is 34.1 Å². The molecule has 7 heteroatoms. The smallest absolute Gasteiger partial charge is 0.433 e. The average molecular weight is 337 g/mol. The zero-order valence-electron chi connectivity index (χ0n) is 12.2. The van der Waals surface area contributed by atoms with Crippen molar-refractivity contribution >= 4 is 12.4 Å². The van der Waals surface area contributed by atoms with Crippen molar-refractivity contribution in [2.75, 3.05) is 19.7 Å². The van der Waals surface area contributed by atoms with Gasteiger partial charge in [0, 0.05) is 12.3 Å². The van der Waals surface area contributed by atoms with E-state index >= 15 is 0 Å².